The maximum atomic E-state index is 11.0. The second kappa shape index (κ2) is 12.4. The van der Waals surface area contributed by atoms with E-state index in [0.29, 0.717) is 6.42 Å². The highest BCUT2D eigenvalue weighted by molar-refractivity contribution is 8.76. The topological polar surface area (TPSA) is 74.6 Å². The fourth-order valence-corrected chi connectivity index (χ4v) is 4.28. The summed E-state index contributed by atoms with van der Waals surface area (Å²) >= 11 is 0. The van der Waals surface area contributed by atoms with Gasteiger partial charge in [-0.05, 0) is 25.2 Å². The van der Waals surface area contributed by atoms with Crippen LogP contribution in [-0.2, 0) is 9.59 Å². The van der Waals surface area contributed by atoms with Crippen molar-refractivity contribution in [3.8, 4) is 0 Å². The first kappa shape index (κ1) is 19.6. The van der Waals surface area contributed by atoms with Gasteiger partial charge in [-0.1, -0.05) is 48.3 Å². The summed E-state index contributed by atoms with van der Waals surface area (Å²) in [6.07, 6.45) is 4.40. The first-order valence-electron chi connectivity index (χ1n) is 7.16. The van der Waals surface area contributed by atoms with E-state index < -0.39 is 17.9 Å². The molecule has 0 aromatic heterocycles. The maximum Gasteiger partial charge on any atom is 0.306 e. The van der Waals surface area contributed by atoms with Crippen molar-refractivity contribution in [1.29, 1.82) is 0 Å². The molecule has 0 saturated heterocycles. The van der Waals surface area contributed by atoms with Gasteiger partial charge in [-0.15, -0.1) is 0 Å². The molecule has 0 rings (SSSR count). The van der Waals surface area contributed by atoms with Crippen molar-refractivity contribution in [1.82, 2.24) is 0 Å². The van der Waals surface area contributed by atoms with Gasteiger partial charge in [-0.3, -0.25) is 9.59 Å². The average molecular weight is 322 g/mol. The van der Waals surface area contributed by atoms with Crippen LogP contribution in [0.4, 0.5) is 0 Å². The standard InChI is InChI=1S/C14H26O4S2/c1-3-4-11(2)7-9-19-20-10-8-12(14(17)18)5-6-13(15)16/h11-12H,3-10H2,1-2H3,(H,15,16)(H,17,18). The summed E-state index contributed by atoms with van der Waals surface area (Å²) < 4.78 is 0. The summed E-state index contributed by atoms with van der Waals surface area (Å²) in [5.41, 5.74) is 0. The van der Waals surface area contributed by atoms with Crippen LogP contribution in [0.2, 0.25) is 0 Å². The lowest BCUT2D eigenvalue weighted by Crippen LogP contribution is -2.16. The van der Waals surface area contributed by atoms with Crippen molar-refractivity contribution >= 4 is 33.5 Å². The van der Waals surface area contributed by atoms with E-state index in [2.05, 4.69) is 13.8 Å². The molecule has 0 aliphatic heterocycles. The van der Waals surface area contributed by atoms with E-state index >= 15 is 0 Å². The zero-order valence-corrected chi connectivity index (χ0v) is 14.0. The molecule has 0 saturated carbocycles. The van der Waals surface area contributed by atoms with Crippen LogP contribution in [0.1, 0.15) is 52.4 Å². The van der Waals surface area contributed by atoms with Crippen LogP contribution in [0, 0.1) is 11.8 Å². The number of aliphatic carboxylic acids is 2. The lowest BCUT2D eigenvalue weighted by atomic mass is 10.0. The summed E-state index contributed by atoms with van der Waals surface area (Å²) in [5, 5.41) is 17.6. The second-order valence-corrected chi connectivity index (χ2v) is 7.78. The molecule has 0 aliphatic rings. The van der Waals surface area contributed by atoms with E-state index in [9.17, 15) is 9.59 Å². The predicted octanol–water partition coefficient (Wildman–Crippen LogP) is 4.15. The molecule has 4 nitrogen and oxygen atoms in total. The highest BCUT2D eigenvalue weighted by atomic mass is 33.1. The summed E-state index contributed by atoms with van der Waals surface area (Å²) in [6.45, 7) is 4.46. The van der Waals surface area contributed by atoms with Crippen LogP contribution < -0.4 is 0 Å². The van der Waals surface area contributed by atoms with Gasteiger partial charge in [0, 0.05) is 17.9 Å². The molecule has 0 amide bonds. The number of hydrogen-bond donors (Lipinski definition) is 2. The van der Waals surface area contributed by atoms with Crippen molar-refractivity contribution in [3.63, 3.8) is 0 Å². The fraction of sp³-hybridized carbons (Fsp3) is 0.857. The largest absolute Gasteiger partial charge is 0.481 e. The monoisotopic (exact) mass is 322 g/mol. The molecule has 0 bridgehead atoms. The Morgan fingerprint density at radius 2 is 1.60 bits per heavy atom. The average Bonchev–Trinajstić information content (AvgIpc) is 2.36. The third-order valence-electron chi connectivity index (χ3n) is 3.16. The molecule has 118 valence electrons. The van der Waals surface area contributed by atoms with Crippen molar-refractivity contribution in [3.05, 3.63) is 0 Å². The molecule has 6 heteroatoms. The van der Waals surface area contributed by atoms with E-state index in [1.165, 1.54) is 19.3 Å². The second-order valence-electron chi connectivity index (χ2n) is 5.08. The Bertz CT molecular complexity index is 284. The van der Waals surface area contributed by atoms with E-state index in [1.807, 2.05) is 0 Å². The Kier molecular flexibility index (Phi) is 12.2. The maximum absolute atomic E-state index is 11.0. The predicted molar refractivity (Wildman–Crippen MR) is 86.2 cm³/mol. The van der Waals surface area contributed by atoms with Crippen LogP contribution in [0.25, 0.3) is 0 Å². The SMILES string of the molecule is CCCC(C)CCSSCCC(CCC(=O)O)C(=O)O. The van der Waals surface area contributed by atoms with Crippen molar-refractivity contribution in [2.24, 2.45) is 11.8 Å². The lowest BCUT2D eigenvalue weighted by molar-refractivity contribution is -0.143. The van der Waals surface area contributed by atoms with Gasteiger partial charge in [0.1, 0.15) is 0 Å². The highest BCUT2D eigenvalue weighted by Crippen LogP contribution is 2.27. The van der Waals surface area contributed by atoms with Gasteiger partial charge >= 0.3 is 11.9 Å². The molecule has 2 unspecified atom stereocenters. The zero-order valence-electron chi connectivity index (χ0n) is 12.3. The molecular formula is C14H26O4S2. The van der Waals surface area contributed by atoms with Gasteiger partial charge in [-0.25, -0.2) is 0 Å². The molecule has 0 radical (unpaired) electrons. The Morgan fingerprint density at radius 3 is 2.10 bits per heavy atom. The molecule has 0 fully saturated rings. The van der Waals surface area contributed by atoms with Crippen molar-refractivity contribution < 1.29 is 19.8 Å². The molecular weight excluding hydrogens is 296 g/mol. The number of rotatable bonds is 13. The van der Waals surface area contributed by atoms with Crippen LogP contribution in [0.3, 0.4) is 0 Å². The molecule has 0 aromatic carbocycles. The van der Waals surface area contributed by atoms with Crippen LogP contribution in [0.5, 0.6) is 0 Å². The third kappa shape index (κ3) is 11.5. The van der Waals surface area contributed by atoms with Gasteiger partial charge in [0.05, 0.1) is 5.92 Å². The molecule has 20 heavy (non-hydrogen) atoms. The van der Waals surface area contributed by atoms with Crippen LogP contribution >= 0.6 is 21.6 Å². The van der Waals surface area contributed by atoms with Gasteiger partial charge in [0.25, 0.3) is 0 Å². The minimum Gasteiger partial charge on any atom is -0.481 e. The smallest absolute Gasteiger partial charge is 0.306 e. The van der Waals surface area contributed by atoms with Gasteiger partial charge in [0.2, 0.25) is 0 Å². The first-order valence-corrected chi connectivity index (χ1v) is 9.65. The number of carbonyl (C=O) groups is 2. The Hall–Kier alpha value is -0.360. The quantitative estimate of drug-likeness (QED) is 0.392. The number of carboxylic acid groups (broad SMARTS) is 2. The Balaban J connectivity index is 3.63. The van der Waals surface area contributed by atoms with Gasteiger partial charge < -0.3 is 10.2 Å². The summed E-state index contributed by atoms with van der Waals surface area (Å²) in [5.74, 6) is 0.285. The minimum atomic E-state index is -0.928. The molecule has 0 spiro atoms. The Morgan fingerprint density at radius 1 is 1.00 bits per heavy atom. The van der Waals surface area contributed by atoms with Gasteiger partial charge in [0.15, 0.2) is 0 Å². The molecule has 0 aliphatic carbocycles. The van der Waals surface area contributed by atoms with Gasteiger partial charge in [-0.2, -0.15) is 0 Å². The van der Waals surface area contributed by atoms with Crippen molar-refractivity contribution in [2.75, 3.05) is 11.5 Å². The lowest BCUT2D eigenvalue weighted by Gasteiger charge is -2.11. The molecule has 0 heterocycles. The molecule has 2 atom stereocenters. The fourth-order valence-electron chi connectivity index (χ4n) is 1.88. The summed E-state index contributed by atoms with van der Waals surface area (Å²) in [7, 11) is 3.49. The molecule has 2 N–H and O–H groups in total. The van der Waals surface area contributed by atoms with E-state index in [1.54, 1.807) is 21.6 Å². The number of hydrogen-bond acceptors (Lipinski definition) is 4. The van der Waals surface area contributed by atoms with E-state index in [0.717, 1.165) is 17.4 Å². The summed E-state index contributed by atoms with van der Waals surface area (Å²) in [6, 6.07) is 0. The zero-order chi connectivity index (χ0) is 15.4. The van der Waals surface area contributed by atoms with Crippen LogP contribution in [0.15, 0.2) is 0 Å². The minimum absolute atomic E-state index is 0.0662. The first-order chi connectivity index (χ1) is 9.47. The normalized spacial score (nSPS) is 13.9. The molecule has 0 aromatic rings. The number of carboxylic acids is 2. The van der Waals surface area contributed by atoms with Crippen molar-refractivity contribution in [2.45, 2.75) is 52.4 Å². The van der Waals surface area contributed by atoms with E-state index in [-0.39, 0.29) is 12.8 Å². The third-order valence-corrected chi connectivity index (χ3v) is 5.64. The van der Waals surface area contributed by atoms with E-state index in [4.69, 9.17) is 10.2 Å². The summed E-state index contributed by atoms with van der Waals surface area (Å²) in [4.78, 5) is 21.4. The Labute approximate surface area is 129 Å². The van der Waals surface area contributed by atoms with Crippen LogP contribution in [-0.4, -0.2) is 33.7 Å². The highest BCUT2D eigenvalue weighted by Gasteiger charge is 2.18.